The molecule has 0 saturated carbocycles. The minimum Gasteiger partial charge on any atom is -0.388 e. The van der Waals surface area contributed by atoms with Gasteiger partial charge in [-0.05, 0) is 31.9 Å². The first-order valence-corrected chi connectivity index (χ1v) is 6.48. The van der Waals surface area contributed by atoms with E-state index in [9.17, 15) is 5.11 Å². The molecule has 0 fully saturated rings. The molecule has 0 saturated heterocycles. The van der Waals surface area contributed by atoms with Crippen LogP contribution in [0.5, 0.6) is 0 Å². The monoisotopic (exact) mass is 236 g/mol. The minimum atomic E-state index is -0.583. The van der Waals surface area contributed by atoms with Gasteiger partial charge in [0.05, 0.1) is 5.60 Å². The van der Waals surface area contributed by atoms with Crippen LogP contribution < -0.4 is 5.32 Å². The summed E-state index contributed by atoms with van der Waals surface area (Å²) in [5.74, 6) is 0. The van der Waals surface area contributed by atoms with Crippen molar-refractivity contribution in [3.63, 3.8) is 0 Å². The van der Waals surface area contributed by atoms with E-state index in [1.165, 1.54) is 0 Å². The summed E-state index contributed by atoms with van der Waals surface area (Å²) in [6.07, 6.45) is 5.49. The molecule has 0 aliphatic rings. The number of nitrogens with zero attached hydrogens (tertiary/aromatic N) is 1. The highest BCUT2D eigenvalue weighted by Gasteiger charge is 2.24. The molecule has 0 bridgehead atoms. The standard InChI is InChI=1S/C14H24N2O/c1-4-7-14(17,8-5-2)11-16-13-6-9-15-12(3)10-13/h6,9-10,17H,4-5,7-8,11H2,1-3H3,(H,15,16). The topological polar surface area (TPSA) is 45.1 Å². The maximum Gasteiger partial charge on any atom is 0.0819 e. The van der Waals surface area contributed by atoms with Crippen molar-refractivity contribution in [1.82, 2.24) is 4.98 Å². The van der Waals surface area contributed by atoms with Crippen molar-refractivity contribution in [3.05, 3.63) is 24.0 Å². The van der Waals surface area contributed by atoms with Gasteiger partial charge in [-0.15, -0.1) is 0 Å². The van der Waals surface area contributed by atoms with E-state index >= 15 is 0 Å². The molecule has 1 aromatic rings. The van der Waals surface area contributed by atoms with Crippen molar-refractivity contribution in [2.75, 3.05) is 11.9 Å². The molecule has 1 aromatic heterocycles. The van der Waals surface area contributed by atoms with Gasteiger partial charge in [-0.2, -0.15) is 0 Å². The van der Waals surface area contributed by atoms with Crippen LogP contribution in [-0.4, -0.2) is 22.2 Å². The lowest BCUT2D eigenvalue weighted by Crippen LogP contribution is -2.36. The molecule has 0 spiro atoms. The lowest BCUT2D eigenvalue weighted by Gasteiger charge is -2.28. The molecular weight excluding hydrogens is 212 g/mol. The van der Waals surface area contributed by atoms with Crippen LogP contribution in [-0.2, 0) is 0 Å². The molecule has 0 atom stereocenters. The SMILES string of the molecule is CCCC(O)(CCC)CNc1ccnc(C)c1. The van der Waals surface area contributed by atoms with E-state index in [1.807, 2.05) is 19.1 Å². The summed E-state index contributed by atoms with van der Waals surface area (Å²) < 4.78 is 0. The summed E-state index contributed by atoms with van der Waals surface area (Å²) in [7, 11) is 0. The molecule has 0 amide bonds. The largest absolute Gasteiger partial charge is 0.388 e. The number of aromatic nitrogens is 1. The van der Waals surface area contributed by atoms with Gasteiger partial charge in [0.25, 0.3) is 0 Å². The van der Waals surface area contributed by atoms with Gasteiger partial charge in [0, 0.05) is 24.1 Å². The number of anilines is 1. The second-order valence-corrected chi connectivity index (χ2v) is 4.76. The zero-order valence-corrected chi connectivity index (χ0v) is 11.2. The molecule has 0 aromatic carbocycles. The molecule has 3 heteroatoms. The summed E-state index contributed by atoms with van der Waals surface area (Å²) in [5.41, 5.74) is 1.44. The molecule has 96 valence electrons. The highest BCUT2D eigenvalue weighted by Crippen LogP contribution is 2.20. The van der Waals surface area contributed by atoms with E-state index in [2.05, 4.69) is 24.1 Å². The number of nitrogens with one attached hydrogen (secondary N) is 1. The number of rotatable bonds is 7. The van der Waals surface area contributed by atoms with Crippen molar-refractivity contribution >= 4 is 5.69 Å². The molecule has 1 rings (SSSR count). The molecule has 0 aliphatic carbocycles. The zero-order valence-electron chi connectivity index (χ0n) is 11.2. The van der Waals surface area contributed by atoms with Crippen LogP contribution in [0.3, 0.4) is 0 Å². The second kappa shape index (κ2) is 6.60. The molecule has 17 heavy (non-hydrogen) atoms. The Morgan fingerprint density at radius 1 is 1.29 bits per heavy atom. The molecule has 2 N–H and O–H groups in total. The molecule has 3 nitrogen and oxygen atoms in total. The van der Waals surface area contributed by atoms with Crippen LogP contribution in [0.4, 0.5) is 5.69 Å². The maximum absolute atomic E-state index is 10.5. The first-order chi connectivity index (χ1) is 8.09. The fourth-order valence-electron chi connectivity index (χ4n) is 2.15. The third kappa shape index (κ3) is 4.73. The fourth-order valence-corrected chi connectivity index (χ4v) is 2.15. The average molecular weight is 236 g/mol. The maximum atomic E-state index is 10.5. The fraction of sp³-hybridized carbons (Fsp3) is 0.643. The van der Waals surface area contributed by atoms with E-state index in [1.54, 1.807) is 6.20 Å². The van der Waals surface area contributed by atoms with Crippen molar-refractivity contribution in [2.45, 2.75) is 52.1 Å². The lowest BCUT2D eigenvalue weighted by atomic mass is 9.92. The van der Waals surface area contributed by atoms with Crippen molar-refractivity contribution < 1.29 is 5.11 Å². The Balaban J connectivity index is 2.57. The predicted octanol–water partition coefficient (Wildman–Crippen LogP) is 3.13. The number of hydrogen-bond donors (Lipinski definition) is 2. The summed E-state index contributed by atoms with van der Waals surface area (Å²) in [6, 6.07) is 3.93. The van der Waals surface area contributed by atoms with Gasteiger partial charge >= 0.3 is 0 Å². The Morgan fingerprint density at radius 3 is 2.47 bits per heavy atom. The zero-order chi connectivity index (χ0) is 12.7. The highest BCUT2D eigenvalue weighted by molar-refractivity contribution is 5.43. The van der Waals surface area contributed by atoms with Crippen LogP contribution in [0.15, 0.2) is 18.3 Å². The van der Waals surface area contributed by atoms with Gasteiger partial charge in [0.1, 0.15) is 0 Å². The van der Waals surface area contributed by atoms with E-state index < -0.39 is 5.60 Å². The van der Waals surface area contributed by atoms with Crippen molar-refractivity contribution in [3.8, 4) is 0 Å². The normalized spacial score (nSPS) is 11.5. The highest BCUT2D eigenvalue weighted by atomic mass is 16.3. The Bertz CT molecular complexity index is 333. The average Bonchev–Trinajstić information content (AvgIpc) is 2.27. The van der Waals surface area contributed by atoms with Crippen molar-refractivity contribution in [2.24, 2.45) is 0 Å². The van der Waals surface area contributed by atoms with Gasteiger partial charge in [-0.1, -0.05) is 26.7 Å². The van der Waals surface area contributed by atoms with Gasteiger partial charge in [-0.3, -0.25) is 4.98 Å². The van der Waals surface area contributed by atoms with Crippen LogP contribution in [0.1, 0.15) is 45.2 Å². The molecular formula is C14H24N2O. The van der Waals surface area contributed by atoms with E-state index in [0.717, 1.165) is 37.1 Å². The Hall–Kier alpha value is -1.09. The van der Waals surface area contributed by atoms with Crippen molar-refractivity contribution in [1.29, 1.82) is 0 Å². The Kier molecular flexibility index (Phi) is 5.42. The van der Waals surface area contributed by atoms with Gasteiger partial charge in [0.2, 0.25) is 0 Å². The second-order valence-electron chi connectivity index (χ2n) is 4.76. The molecule has 0 radical (unpaired) electrons. The van der Waals surface area contributed by atoms with Crippen LogP contribution in [0.25, 0.3) is 0 Å². The summed E-state index contributed by atoms with van der Waals surface area (Å²) in [4.78, 5) is 4.15. The lowest BCUT2D eigenvalue weighted by molar-refractivity contribution is 0.0344. The van der Waals surface area contributed by atoms with E-state index in [-0.39, 0.29) is 0 Å². The van der Waals surface area contributed by atoms with Gasteiger partial charge in [0.15, 0.2) is 0 Å². The molecule has 0 unspecified atom stereocenters. The van der Waals surface area contributed by atoms with E-state index in [4.69, 9.17) is 0 Å². The number of pyridine rings is 1. The minimum absolute atomic E-state index is 0.583. The quantitative estimate of drug-likeness (QED) is 0.764. The first-order valence-electron chi connectivity index (χ1n) is 6.48. The molecule has 0 aliphatic heterocycles. The van der Waals surface area contributed by atoms with E-state index in [0.29, 0.717) is 6.54 Å². The molecule has 1 heterocycles. The van der Waals surface area contributed by atoms with Gasteiger partial charge < -0.3 is 10.4 Å². The Morgan fingerprint density at radius 2 is 1.94 bits per heavy atom. The predicted molar refractivity (Wildman–Crippen MR) is 72.2 cm³/mol. The summed E-state index contributed by atoms with van der Waals surface area (Å²) in [6.45, 7) is 6.79. The van der Waals surface area contributed by atoms with Crippen LogP contribution in [0, 0.1) is 6.92 Å². The third-order valence-electron chi connectivity index (χ3n) is 2.95. The Labute approximate surface area is 104 Å². The van der Waals surface area contributed by atoms with Crippen LogP contribution in [0.2, 0.25) is 0 Å². The number of aliphatic hydroxyl groups is 1. The number of aryl methyl sites for hydroxylation is 1. The summed E-state index contributed by atoms with van der Waals surface area (Å²) >= 11 is 0. The summed E-state index contributed by atoms with van der Waals surface area (Å²) in [5, 5.41) is 13.8. The first kappa shape index (κ1) is 14.0. The van der Waals surface area contributed by atoms with Gasteiger partial charge in [-0.25, -0.2) is 0 Å². The number of hydrogen-bond acceptors (Lipinski definition) is 3. The van der Waals surface area contributed by atoms with Crippen LogP contribution >= 0.6 is 0 Å². The smallest absolute Gasteiger partial charge is 0.0819 e. The third-order valence-corrected chi connectivity index (χ3v) is 2.95.